The van der Waals surface area contributed by atoms with Crippen molar-refractivity contribution in [2.75, 3.05) is 23.1 Å². The standard InChI is InChI=1S/C28H19Cl2F4N3O4/c1-40-25-14-21(29)20(28(32,33)34)13-24(25)37-27(39)36-23-10-9-19(12-22(23)30)41-18-4-2-3-15(11-18)26(38)35-17-7-5-16(31)6-8-17/h2-14H,1H3,(H,35,38)(H2,36,37,39). The first kappa shape index (κ1) is 29.5. The first-order valence-corrected chi connectivity index (χ1v) is 12.4. The molecule has 0 atom stereocenters. The van der Waals surface area contributed by atoms with Crippen molar-refractivity contribution >= 4 is 52.2 Å². The van der Waals surface area contributed by atoms with E-state index in [4.69, 9.17) is 32.7 Å². The van der Waals surface area contributed by atoms with Crippen LogP contribution in [0.3, 0.4) is 0 Å². The Balaban J connectivity index is 1.43. The molecule has 0 aromatic heterocycles. The molecule has 13 heteroatoms. The minimum atomic E-state index is -4.75. The molecule has 0 fully saturated rings. The summed E-state index contributed by atoms with van der Waals surface area (Å²) in [6.45, 7) is 0. The summed E-state index contributed by atoms with van der Waals surface area (Å²) in [5, 5.41) is 6.85. The number of benzene rings is 4. The highest BCUT2D eigenvalue weighted by Gasteiger charge is 2.34. The van der Waals surface area contributed by atoms with Gasteiger partial charge in [-0.2, -0.15) is 13.2 Å². The second-order valence-corrected chi connectivity index (χ2v) is 9.16. The number of halogens is 6. The van der Waals surface area contributed by atoms with Crippen molar-refractivity contribution in [1.82, 2.24) is 0 Å². The maximum Gasteiger partial charge on any atom is 0.417 e. The molecule has 0 saturated carbocycles. The zero-order chi connectivity index (χ0) is 29.7. The van der Waals surface area contributed by atoms with Crippen LogP contribution in [0.4, 0.5) is 39.4 Å². The molecule has 0 aliphatic rings. The van der Waals surface area contributed by atoms with Gasteiger partial charge in [-0.15, -0.1) is 0 Å². The van der Waals surface area contributed by atoms with Crippen LogP contribution >= 0.6 is 23.2 Å². The Morgan fingerprint density at radius 1 is 0.780 bits per heavy atom. The van der Waals surface area contributed by atoms with E-state index < -0.39 is 34.5 Å². The molecule has 0 radical (unpaired) electrons. The van der Waals surface area contributed by atoms with Gasteiger partial charge in [-0.25, -0.2) is 9.18 Å². The topological polar surface area (TPSA) is 88.7 Å². The Hall–Kier alpha value is -4.48. The average molecular weight is 608 g/mol. The third-order valence-electron chi connectivity index (χ3n) is 5.47. The van der Waals surface area contributed by atoms with Crippen LogP contribution in [0.15, 0.2) is 78.9 Å². The lowest BCUT2D eigenvalue weighted by Crippen LogP contribution is -2.20. The van der Waals surface area contributed by atoms with E-state index in [1.54, 1.807) is 18.2 Å². The van der Waals surface area contributed by atoms with Crippen molar-refractivity contribution in [1.29, 1.82) is 0 Å². The predicted molar refractivity (Wildman–Crippen MR) is 148 cm³/mol. The number of ether oxygens (including phenoxy) is 2. The van der Waals surface area contributed by atoms with Gasteiger partial charge < -0.3 is 25.4 Å². The summed E-state index contributed by atoms with van der Waals surface area (Å²) in [5.41, 5.74) is -0.586. The molecule has 4 aromatic carbocycles. The molecular weight excluding hydrogens is 589 g/mol. The van der Waals surface area contributed by atoms with Gasteiger partial charge in [0, 0.05) is 23.4 Å². The van der Waals surface area contributed by atoms with Gasteiger partial charge in [-0.1, -0.05) is 29.3 Å². The minimum absolute atomic E-state index is 0.0573. The molecule has 3 amide bonds. The molecule has 3 N–H and O–H groups in total. The van der Waals surface area contributed by atoms with Crippen molar-refractivity contribution in [2.24, 2.45) is 0 Å². The number of carbonyl (C=O) groups excluding carboxylic acids is 2. The van der Waals surface area contributed by atoms with E-state index >= 15 is 0 Å². The molecule has 41 heavy (non-hydrogen) atoms. The van der Waals surface area contributed by atoms with Crippen LogP contribution in [-0.4, -0.2) is 19.0 Å². The summed E-state index contributed by atoms with van der Waals surface area (Å²) in [7, 11) is 1.21. The summed E-state index contributed by atoms with van der Waals surface area (Å²) in [6, 6.07) is 16.6. The van der Waals surface area contributed by atoms with Crippen molar-refractivity contribution in [2.45, 2.75) is 6.18 Å². The molecule has 0 spiro atoms. The van der Waals surface area contributed by atoms with Gasteiger partial charge in [0.15, 0.2) is 0 Å². The molecule has 0 heterocycles. The number of rotatable bonds is 7. The lowest BCUT2D eigenvalue weighted by molar-refractivity contribution is -0.137. The number of hydrogen-bond acceptors (Lipinski definition) is 4. The van der Waals surface area contributed by atoms with E-state index in [-0.39, 0.29) is 33.5 Å². The maximum absolute atomic E-state index is 13.2. The molecule has 212 valence electrons. The number of carbonyl (C=O) groups is 2. The highest BCUT2D eigenvalue weighted by molar-refractivity contribution is 6.34. The van der Waals surface area contributed by atoms with Crippen LogP contribution in [0.2, 0.25) is 10.0 Å². The quantitative estimate of drug-likeness (QED) is 0.183. The fraction of sp³-hybridized carbons (Fsp3) is 0.0714. The molecule has 4 rings (SSSR count). The van der Waals surface area contributed by atoms with Crippen molar-refractivity contribution < 1.29 is 36.6 Å². The number of nitrogens with one attached hydrogen (secondary N) is 3. The molecule has 0 saturated heterocycles. The second-order valence-electron chi connectivity index (χ2n) is 8.34. The average Bonchev–Trinajstić information content (AvgIpc) is 2.91. The van der Waals surface area contributed by atoms with E-state index in [9.17, 15) is 27.2 Å². The number of anilines is 3. The molecule has 0 bridgehead atoms. The van der Waals surface area contributed by atoms with Crippen molar-refractivity contribution in [3.8, 4) is 17.2 Å². The summed E-state index contributed by atoms with van der Waals surface area (Å²) >= 11 is 12.0. The summed E-state index contributed by atoms with van der Waals surface area (Å²) in [4.78, 5) is 25.1. The number of amides is 3. The summed E-state index contributed by atoms with van der Waals surface area (Å²) in [6.07, 6.45) is -4.75. The van der Waals surface area contributed by atoms with Crippen molar-refractivity contribution in [3.63, 3.8) is 0 Å². The Morgan fingerprint density at radius 3 is 2.12 bits per heavy atom. The molecule has 7 nitrogen and oxygen atoms in total. The zero-order valence-electron chi connectivity index (χ0n) is 20.9. The fourth-order valence-electron chi connectivity index (χ4n) is 3.55. The van der Waals surface area contributed by atoms with Gasteiger partial charge >= 0.3 is 12.2 Å². The highest BCUT2D eigenvalue weighted by atomic mass is 35.5. The predicted octanol–water partition coefficient (Wildman–Crippen LogP) is 8.85. The van der Waals surface area contributed by atoms with E-state index in [2.05, 4.69) is 16.0 Å². The SMILES string of the molecule is COc1cc(Cl)c(C(F)(F)F)cc1NC(=O)Nc1ccc(Oc2cccc(C(=O)Nc3ccc(F)cc3)c2)cc1Cl. The number of hydrogen-bond donors (Lipinski definition) is 3. The van der Waals surface area contributed by atoms with E-state index in [0.29, 0.717) is 17.5 Å². The fourth-order valence-corrected chi connectivity index (χ4v) is 4.03. The second kappa shape index (κ2) is 12.4. The lowest BCUT2D eigenvalue weighted by atomic mass is 10.1. The van der Waals surface area contributed by atoms with E-state index in [1.807, 2.05) is 0 Å². The number of urea groups is 1. The van der Waals surface area contributed by atoms with E-state index in [0.717, 1.165) is 6.07 Å². The van der Waals surface area contributed by atoms with Gasteiger partial charge in [-0.05, 0) is 60.7 Å². The van der Waals surface area contributed by atoms with Gasteiger partial charge in [0.25, 0.3) is 5.91 Å². The third kappa shape index (κ3) is 7.59. The monoisotopic (exact) mass is 607 g/mol. The normalized spacial score (nSPS) is 11.0. The first-order chi connectivity index (χ1) is 19.4. The van der Waals surface area contributed by atoms with Gasteiger partial charge in [-0.3, -0.25) is 4.79 Å². The van der Waals surface area contributed by atoms with Crippen LogP contribution in [0.1, 0.15) is 15.9 Å². The Bertz CT molecular complexity index is 1600. The minimum Gasteiger partial charge on any atom is -0.495 e. The maximum atomic E-state index is 13.2. The first-order valence-electron chi connectivity index (χ1n) is 11.6. The van der Waals surface area contributed by atoms with Crippen LogP contribution < -0.4 is 25.4 Å². The van der Waals surface area contributed by atoms with E-state index in [1.165, 1.54) is 55.6 Å². The smallest absolute Gasteiger partial charge is 0.417 e. The van der Waals surface area contributed by atoms with Gasteiger partial charge in [0.2, 0.25) is 0 Å². The zero-order valence-corrected chi connectivity index (χ0v) is 22.4. The Kier molecular flexibility index (Phi) is 8.89. The largest absolute Gasteiger partial charge is 0.495 e. The van der Waals surface area contributed by atoms with Crippen LogP contribution in [0, 0.1) is 5.82 Å². The van der Waals surface area contributed by atoms with Crippen LogP contribution in [0.25, 0.3) is 0 Å². The highest BCUT2D eigenvalue weighted by Crippen LogP contribution is 2.40. The Morgan fingerprint density at radius 2 is 1.46 bits per heavy atom. The molecule has 0 unspecified atom stereocenters. The lowest BCUT2D eigenvalue weighted by Gasteiger charge is -2.16. The summed E-state index contributed by atoms with van der Waals surface area (Å²) in [5.74, 6) is -0.375. The van der Waals surface area contributed by atoms with Crippen LogP contribution in [-0.2, 0) is 6.18 Å². The summed E-state index contributed by atoms with van der Waals surface area (Å²) < 4.78 is 63.6. The van der Waals surface area contributed by atoms with Gasteiger partial charge in [0.1, 0.15) is 23.1 Å². The molecule has 4 aromatic rings. The molecule has 0 aliphatic carbocycles. The Labute approximate surface area is 241 Å². The molecule has 0 aliphatic heterocycles. The number of alkyl halides is 3. The number of methoxy groups -OCH3 is 1. The third-order valence-corrected chi connectivity index (χ3v) is 6.09. The molecular formula is C28H19Cl2F4N3O4. The van der Waals surface area contributed by atoms with Gasteiger partial charge in [0.05, 0.1) is 34.1 Å². The van der Waals surface area contributed by atoms with Crippen molar-refractivity contribution in [3.05, 3.63) is 106 Å². The van der Waals surface area contributed by atoms with Crippen LogP contribution in [0.5, 0.6) is 17.2 Å².